The van der Waals surface area contributed by atoms with E-state index in [0.717, 1.165) is 25.7 Å². The van der Waals surface area contributed by atoms with Gasteiger partial charge in [0.05, 0.1) is 18.7 Å². The molecule has 0 spiro atoms. The summed E-state index contributed by atoms with van der Waals surface area (Å²) in [5.74, 6) is -0.470. The van der Waals surface area contributed by atoms with Crippen molar-refractivity contribution in [3.8, 4) is 0 Å². The van der Waals surface area contributed by atoms with E-state index in [1.807, 2.05) is 0 Å². The highest BCUT2D eigenvalue weighted by molar-refractivity contribution is 5.99. The number of rotatable bonds is 7. The van der Waals surface area contributed by atoms with Gasteiger partial charge in [0, 0.05) is 25.6 Å². The third-order valence-electron chi connectivity index (χ3n) is 6.03. The van der Waals surface area contributed by atoms with Crippen LogP contribution in [0.4, 0.5) is 9.18 Å². The second-order valence-electron chi connectivity index (χ2n) is 8.09. The Hall–Kier alpha value is -3.16. The van der Waals surface area contributed by atoms with Gasteiger partial charge in [-0.3, -0.25) is 14.5 Å². The van der Waals surface area contributed by atoms with E-state index in [9.17, 15) is 18.8 Å². The lowest BCUT2D eigenvalue weighted by Gasteiger charge is -2.46. The second kappa shape index (κ2) is 9.32. The first-order valence-corrected chi connectivity index (χ1v) is 10.7. The average Bonchev–Trinajstić information content (AvgIpc) is 3.29. The first-order chi connectivity index (χ1) is 15.0. The number of carbonyl (C=O) groups is 3. The zero-order valence-corrected chi connectivity index (χ0v) is 17.3. The molecule has 4 amide bonds. The minimum Gasteiger partial charge on any atom is -0.467 e. The second-order valence-corrected chi connectivity index (χ2v) is 8.09. The molecule has 1 aliphatic heterocycles. The fourth-order valence-corrected chi connectivity index (χ4v) is 4.49. The maximum absolute atomic E-state index is 13.7. The molecule has 0 bridgehead atoms. The Morgan fingerprint density at radius 3 is 2.77 bits per heavy atom. The number of nitrogens with zero attached hydrogens (tertiary/aromatic N) is 2. The molecule has 2 aromatic rings. The first kappa shape index (κ1) is 21.1. The van der Waals surface area contributed by atoms with E-state index < -0.39 is 6.03 Å². The van der Waals surface area contributed by atoms with Gasteiger partial charge in [0.15, 0.2) is 0 Å². The topological polar surface area (TPSA) is 82.9 Å². The third-order valence-corrected chi connectivity index (χ3v) is 6.03. The summed E-state index contributed by atoms with van der Waals surface area (Å²) in [5.41, 5.74) is 0.683. The molecule has 2 heterocycles. The average molecular weight is 427 g/mol. The number of furan rings is 1. The van der Waals surface area contributed by atoms with Crippen molar-refractivity contribution in [2.24, 2.45) is 5.92 Å². The summed E-state index contributed by atoms with van der Waals surface area (Å²) in [5, 5.41) is 2.73. The largest absolute Gasteiger partial charge is 0.467 e. The third kappa shape index (κ3) is 4.78. The number of hydrogen-bond donors (Lipinski definition) is 1. The minimum absolute atomic E-state index is 0.0172. The van der Waals surface area contributed by atoms with Crippen LogP contribution in [0.15, 0.2) is 47.1 Å². The predicted octanol–water partition coefficient (Wildman–Crippen LogP) is 3.45. The van der Waals surface area contributed by atoms with Crippen LogP contribution in [0.5, 0.6) is 0 Å². The van der Waals surface area contributed by atoms with Gasteiger partial charge in [-0.05, 0) is 42.7 Å². The molecular formula is C23H26FN3O4. The van der Waals surface area contributed by atoms with Crippen molar-refractivity contribution < 1.29 is 23.2 Å². The first-order valence-electron chi connectivity index (χ1n) is 10.7. The highest BCUT2D eigenvalue weighted by Crippen LogP contribution is 2.35. The zero-order chi connectivity index (χ0) is 21.8. The van der Waals surface area contributed by atoms with E-state index in [2.05, 4.69) is 5.32 Å². The lowest BCUT2D eigenvalue weighted by Crippen LogP contribution is -2.62. The van der Waals surface area contributed by atoms with Crippen molar-refractivity contribution in [3.63, 3.8) is 0 Å². The molecular weight excluding hydrogens is 401 g/mol. The van der Waals surface area contributed by atoms with E-state index in [1.165, 1.54) is 23.3 Å². The molecule has 4 rings (SSSR count). The lowest BCUT2D eigenvalue weighted by molar-refractivity contribution is -0.141. The molecule has 2 fully saturated rings. The van der Waals surface area contributed by atoms with Gasteiger partial charge in [0.25, 0.3) is 0 Å². The van der Waals surface area contributed by atoms with Crippen LogP contribution in [0, 0.1) is 11.7 Å². The SMILES string of the molecule is O=C(CCN1C(=O)C2CCCCC2N(Cc2cccc(F)c2)C1=O)NCc1ccco1. The monoisotopic (exact) mass is 427 g/mol. The molecule has 8 heteroatoms. The number of carbonyl (C=O) groups excluding carboxylic acids is 3. The van der Waals surface area contributed by atoms with E-state index >= 15 is 0 Å². The number of halogens is 1. The Labute approximate surface area is 180 Å². The molecule has 1 aliphatic carbocycles. The number of nitrogens with one attached hydrogen (secondary N) is 1. The number of imide groups is 1. The standard InChI is InChI=1S/C23H26FN3O4/c24-17-6-3-5-16(13-17)15-27-20-9-2-1-8-19(20)22(29)26(23(27)30)11-10-21(28)25-14-18-7-4-12-31-18/h3-7,12-13,19-20H,1-2,8-11,14-15H2,(H,25,28). The summed E-state index contributed by atoms with van der Waals surface area (Å²) < 4.78 is 18.8. The quantitative estimate of drug-likeness (QED) is 0.734. The van der Waals surface area contributed by atoms with Crippen molar-refractivity contribution >= 4 is 17.8 Å². The van der Waals surface area contributed by atoms with Crippen molar-refractivity contribution in [3.05, 3.63) is 59.8 Å². The van der Waals surface area contributed by atoms with E-state index in [1.54, 1.807) is 29.2 Å². The number of benzene rings is 1. The van der Waals surface area contributed by atoms with Crippen molar-refractivity contribution in [1.82, 2.24) is 15.1 Å². The molecule has 2 unspecified atom stereocenters. The summed E-state index contributed by atoms with van der Waals surface area (Å²) >= 11 is 0. The van der Waals surface area contributed by atoms with Crippen LogP contribution in [0.2, 0.25) is 0 Å². The van der Waals surface area contributed by atoms with Gasteiger partial charge in [-0.25, -0.2) is 9.18 Å². The van der Waals surface area contributed by atoms with Crippen LogP contribution in [0.3, 0.4) is 0 Å². The molecule has 164 valence electrons. The Balaban J connectivity index is 1.44. The molecule has 1 aromatic heterocycles. The van der Waals surface area contributed by atoms with Crippen LogP contribution in [-0.4, -0.2) is 40.2 Å². The Bertz CT molecular complexity index is 946. The normalized spacial score (nSPS) is 21.2. The van der Waals surface area contributed by atoms with Crippen LogP contribution >= 0.6 is 0 Å². The summed E-state index contributed by atoms with van der Waals surface area (Å²) in [6.07, 6.45) is 4.92. The minimum atomic E-state index is -0.406. The fraction of sp³-hybridized carbons (Fsp3) is 0.435. The van der Waals surface area contributed by atoms with Crippen molar-refractivity contribution in [2.75, 3.05) is 6.54 Å². The van der Waals surface area contributed by atoms with Crippen LogP contribution < -0.4 is 5.32 Å². The van der Waals surface area contributed by atoms with Gasteiger partial charge in [-0.1, -0.05) is 25.0 Å². The Kier molecular flexibility index (Phi) is 6.34. The molecule has 1 N–H and O–H groups in total. The molecule has 0 radical (unpaired) electrons. The lowest BCUT2D eigenvalue weighted by atomic mass is 9.81. The van der Waals surface area contributed by atoms with E-state index in [-0.39, 0.29) is 55.6 Å². The molecule has 1 aromatic carbocycles. The number of urea groups is 1. The summed E-state index contributed by atoms with van der Waals surface area (Å²) in [6.45, 7) is 0.515. The Morgan fingerprint density at radius 1 is 1.16 bits per heavy atom. The number of amides is 4. The molecule has 31 heavy (non-hydrogen) atoms. The van der Waals surface area contributed by atoms with E-state index in [0.29, 0.717) is 11.3 Å². The van der Waals surface area contributed by atoms with Crippen molar-refractivity contribution in [1.29, 1.82) is 0 Å². The number of hydrogen-bond acceptors (Lipinski definition) is 4. The maximum Gasteiger partial charge on any atom is 0.327 e. The summed E-state index contributed by atoms with van der Waals surface area (Å²) in [7, 11) is 0. The molecule has 2 aliphatic rings. The highest BCUT2D eigenvalue weighted by atomic mass is 19.1. The molecule has 1 saturated heterocycles. The zero-order valence-electron chi connectivity index (χ0n) is 17.3. The number of fused-ring (bicyclic) bond motifs is 1. The van der Waals surface area contributed by atoms with Crippen LogP contribution in [0.1, 0.15) is 43.4 Å². The van der Waals surface area contributed by atoms with Gasteiger partial charge in [-0.2, -0.15) is 0 Å². The smallest absolute Gasteiger partial charge is 0.327 e. The van der Waals surface area contributed by atoms with Gasteiger partial charge in [0.2, 0.25) is 11.8 Å². The molecule has 2 atom stereocenters. The van der Waals surface area contributed by atoms with Gasteiger partial charge in [0.1, 0.15) is 11.6 Å². The molecule has 7 nitrogen and oxygen atoms in total. The summed E-state index contributed by atoms with van der Waals surface area (Å²) in [4.78, 5) is 41.4. The van der Waals surface area contributed by atoms with Gasteiger partial charge < -0.3 is 14.6 Å². The molecule has 1 saturated carbocycles. The van der Waals surface area contributed by atoms with Crippen molar-refractivity contribution in [2.45, 2.75) is 51.2 Å². The fourth-order valence-electron chi connectivity index (χ4n) is 4.49. The van der Waals surface area contributed by atoms with Gasteiger partial charge in [-0.15, -0.1) is 0 Å². The Morgan fingerprint density at radius 2 is 2.00 bits per heavy atom. The van der Waals surface area contributed by atoms with Crippen LogP contribution in [-0.2, 0) is 22.7 Å². The maximum atomic E-state index is 13.7. The van der Waals surface area contributed by atoms with Crippen LogP contribution in [0.25, 0.3) is 0 Å². The summed E-state index contributed by atoms with van der Waals surface area (Å²) in [6, 6.07) is 9.07. The highest BCUT2D eigenvalue weighted by Gasteiger charge is 2.46. The predicted molar refractivity (Wildman–Crippen MR) is 110 cm³/mol. The van der Waals surface area contributed by atoms with Gasteiger partial charge >= 0.3 is 6.03 Å². The van der Waals surface area contributed by atoms with E-state index in [4.69, 9.17) is 4.42 Å².